The maximum atomic E-state index is 12.1. The van der Waals surface area contributed by atoms with Gasteiger partial charge in [-0.1, -0.05) is 37.2 Å². The van der Waals surface area contributed by atoms with E-state index in [2.05, 4.69) is 19.0 Å². The van der Waals surface area contributed by atoms with Gasteiger partial charge in [0, 0.05) is 6.07 Å². The summed E-state index contributed by atoms with van der Waals surface area (Å²) in [5, 5.41) is 5.71. The van der Waals surface area contributed by atoms with Crippen LogP contribution in [-0.4, -0.2) is 11.1 Å². The molecule has 0 saturated heterocycles. The van der Waals surface area contributed by atoms with Crippen LogP contribution in [0.2, 0.25) is 0 Å². The highest BCUT2D eigenvalue weighted by atomic mass is 32.1. The lowest BCUT2D eigenvalue weighted by atomic mass is 10.0. The van der Waals surface area contributed by atoms with Gasteiger partial charge in [0.2, 0.25) is 0 Å². The van der Waals surface area contributed by atoms with E-state index in [0.717, 1.165) is 4.88 Å². The number of ether oxygens (including phenoxy) is 1. The van der Waals surface area contributed by atoms with Gasteiger partial charge < -0.3 is 9.26 Å². The number of esters is 1. The maximum Gasteiger partial charge on any atom is 0.365 e. The molecule has 1 aromatic carbocycles. The van der Waals surface area contributed by atoms with E-state index in [0.29, 0.717) is 17.4 Å². The second-order valence-electron chi connectivity index (χ2n) is 5.17. The van der Waals surface area contributed by atoms with Crippen LogP contribution in [0.3, 0.4) is 0 Å². The summed E-state index contributed by atoms with van der Waals surface area (Å²) in [6, 6.07) is 12.9. The molecule has 2 aromatic heterocycles. The van der Waals surface area contributed by atoms with Crippen molar-refractivity contribution < 1.29 is 14.1 Å². The van der Waals surface area contributed by atoms with Gasteiger partial charge in [0.1, 0.15) is 5.75 Å². The van der Waals surface area contributed by atoms with E-state index in [1.807, 2.05) is 29.6 Å². The van der Waals surface area contributed by atoms with Crippen molar-refractivity contribution in [3.8, 4) is 16.4 Å². The van der Waals surface area contributed by atoms with Crippen LogP contribution in [0.1, 0.15) is 35.8 Å². The number of hydrogen-bond donors (Lipinski definition) is 0. The second kappa shape index (κ2) is 6.15. The molecule has 0 aliphatic carbocycles. The fourth-order valence-corrected chi connectivity index (χ4v) is 2.66. The molecule has 3 rings (SSSR count). The molecule has 3 aromatic rings. The van der Waals surface area contributed by atoms with Crippen LogP contribution in [0, 0.1) is 0 Å². The highest BCUT2D eigenvalue weighted by Crippen LogP contribution is 2.26. The van der Waals surface area contributed by atoms with Crippen molar-refractivity contribution in [1.82, 2.24) is 5.16 Å². The van der Waals surface area contributed by atoms with E-state index >= 15 is 0 Å². The average molecular weight is 313 g/mol. The number of thiophene rings is 1. The van der Waals surface area contributed by atoms with Gasteiger partial charge in [-0.3, -0.25) is 0 Å². The number of benzene rings is 1. The van der Waals surface area contributed by atoms with E-state index in [1.54, 1.807) is 18.2 Å². The summed E-state index contributed by atoms with van der Waals surface area (Å²) in [5.41, 5.74) is 1.36. The molecule has 0 atom stereocenters. The van der Waals surface area contributed by atoms with Gasteiger partial charge >= 0.3 is 5.97 Å². The molecule has 0 saturated carbocycles. The van der Waals surface area contributed by atoms with Gasteiger partial charge in [0.05, 0.1) is 4.88 Å². The van der Waals surface area contributed by atoms with Gasteiger partial charge in [0.15, 0.2) is 11.5 Å². The number of carbonyl (C=O) groups is 1. The Morgan fingerprint density at radius 2 is 2.00 bits per heavy atom. The van der Waals surface area contributed by atoms with Crippen molar-refractivity contribution in [3.05, 3.63) is 59.1 Å². The van der Waals surface area contributed by atoms with Crippen LogP contribution in [0.25, 0.3) is 10.6 Å². The first-order valence-corrected chi connectivity index (χ1v) is 7.84. The summed E-state index contributed by atoms with van der Waals surface area (Å²) in [6.07, 6.45) is 0. The van der Waals surface area contributed by atoms with E-state index in [9.17, 15) is 4.79 Å². The lowest BCUT2D eigenvalue weighted by Gasteiger charge is -2.06. The van der Waals surface area contributed by atoms with Gasteiger partial charge in [-0.15, -0.1) is 11.3 Å². The molecule has 0 radical (unpaired) electrons. The summed E-state index contributed by atoms with van der Waals surface area (Å²) in [5.74, 6) is 0.977. The third-order valence-corrected chi connectivity index (χ3v) is 4.13. The minimum Gasteiger partial charge on any atom is -0.422 e. The molecule has 5 heteroatoms. The Bertz CT molecular complexity index is 758. The number of nitrogens with zero attached hydrogens (tertiary/aromatic N) is 1. The quantitative estimate of drug-likeness (QED) is 0.515. The van der Waals surface area contributed by atoms with Crippen LogP contribution in [0.5, 0.6) is 5.75 Å². The van der Waals surface area contributed by atoms with Crippen LogP contribution in [0.15, 0.2) is 52.4 Å². The Balaban J connectivity index is 1.72. The van der Waals surface area contributed by atoms with Crippen molar-refractivity contribution in [2.45, 2.75) is 19.8 Å². The molecule has 22 heavy (non-hydrogen) atoms. The molecular weight excluding hydrogens is 298 g/mol. The normalized spacial score (nSPS) is 10.9. The van der Waals surface area contributed by atoms with E-state index in [1.165, 1.54) is 16.9 Å². The van der Waals surface area contributed by atoms with Crippen molar-refractivity contribution in [2.75, 3.05) is 0 Å². The van der Waals surface area contributed by atoms with Crippen molar-refractivity contribution in [2.24, 2.45) is 0 Å². The number of rotatable bonds is 4. The first kappa shape index (κ1) is 14.5. The molecule has 0 bridgehead atoms. The molecule has 112 valence electrons. The molecule has 0 fully saturated rings. The van der Waals surface area contributed by atoms with Crippen LogP contribution in [-0.2, 0) is 0 Å². The smallest absolute Gasteiger partial charge is 0.365 e. The Labute approximate surface area is 132 Å². The first-order chi connectivity index (χ1) is 10.6. The predicted octanol–water partition coefficient (Wildman–Crippen LogP) is 4.75. The third-order valence-electron chi connectivity index (χ3n) is 3.24. The van der Waals surface area contributed by atoms with Crippen LogP contribution >= 0.6 is 11.3 Å². The molecule has 0 N–H and O–H groups in total. The molecule has 0 aliphatic rings. The van der Waals surface area contributed by atoms with Crippen LogP contribution in [0.4, 0.5) is 0 Å². The van der Waals surface area contributed by atoms with Gasteiger partial charge in [0.25, 0.3) is 0 Å². The van der Waals surface area contributed by atoms with Gasteiger partial charge in [-0.2, -0.15) is 0 Å². The van der Waals surface area contributed by atoms with E-state index < -0.39 is 5.97 Å². The lowest BCUT2D eigenvalue weighted by molar-refractivity contribution is 0.0724. The fourth-order valence-electron chi connectivity index (χ4n) is 1.99. The Morgan fingerprint density at radius 1 is 1.23 bits per heavy atom. The zero-order chi connectivity index (χ0) is 15.5. The van der Waals surface area contributed by atoms with E-state index in [-0.39, 0.29) is 5.69 Å². The van der Waals surface area contributed by atoms with Gasteiger partial charge in [-0.05, 0) is 35.1 Å². The Kier molecular flexibility index (Phi) is 4.06. The number of hydrogen-bond acceptors (Lipinski definition) is 5. The summed E-state index contributed by atoms with van der Waals surface area (Å²) in [7, 11) is 0. The summed E-state index contributed by atoms with van der Waals surface area (Å²) >= 11 is 1.52. The van der Waals surface area contributed by atoms with Crippen molar-refractivity contribution in [1.29, 1.82) is 0 Å². The van der Waals surface area contributed by atoms with Crippen LogP contribution < -0.4 is 4.74 Å². The lowest BCUT2D eigenvalue weighted by Crippen LogP contribution is -2.08. The molecule has 0 amide bonds. The summed E-state index contributed by atoms with van der Waals surface area (Å²) in [6.45, 7) is 4.23. The molecule has 0 aliphatic heterocycles. The molecule has 0 unspecified atom stereocenters. The average Bonchev–Trinajstić information content (AvgIpc) is 3.19. The monoisotopic (exact) mass is 313 g/mol. The Morgan fingerprint density at radius 3 is 2.64 bits per heavy atom. The minimum atomic E-state index is -0.524. The SMILES string of the molecule is CC(C)c1ccc(OC(=O)c2cc(-c3cccs3)on2)cc1. The molecule has 0 spiro atoms. The minimum absolute atomic E-state index is 0.163. The zero-order valence-electron chi connectivity index (χ0n) is 12.3. The zero-order valence-corrected chi connectivity index (χ0v) is 13.1. The summed E-state index contributed by atoms with van der Waals surface area (Å²) in [4.78, 5) is 13.0. The maximum absolute atomic E-state index is 12.1. The largest absolute Gasteiger partial charge is 0.422 e. The first-order valence-electron chi connectivity index (χ1n) is 6.96. The highest BCUT2D eigenvalue weighted by Gasteiger charge is 2.16. The second-order valence-corrected chi connectivity index (χ2v) is 6.11. The fraction of sp³-hybridized carbons (Fsp3) is 0.176. The standard InChI is InChI=1S/C17H15NO3S/c1-11(2)12-5-7-13(8-6-12)20-17(19)14-10-15(21-18-14)16-4-3-9-22-16/h3-11H,1-2H3. The van der Waals surface area contributed by atoms with E-state index in [4.69, 9.17) is 9.26 Å². The molecule has 4 nitrogen and oxygen atoms in total. The Hall–Kier alpha value is -2.40. The number of carbonyl (C=O) groups excluding carboxylic acids is 1. The highest BCUT2D eigenvalue weighted by molar-refractivity contribution is 7.13. The van der Waals surface area contributed by atoms with Gasteiger partial charge in [-0.25, -0.2) is 4.79 Å². The molecule has 2 heterocycles. The topological polar surface area (TPSA) is 52.3 Å². The van der Waals surface area contributed by atoms with Crippen molar-refractivity contribution in [3.63, 3.8) is 0 Å². The number of aromatic nitrogens is 1. The summed E-state index contributed by atoms with van der Waals surface area (Å²) < 4.78 is 10.5. The molecular formula is C17H15NO3S. The van der Waals surface area contributed by atoms with Crippen molar-refractivity contribution >= 4 is 17.3 Å². The predicted molar refractivity (Wildman–Crippen MR) is 85.3 cm³/mol. The third kappa shape index (κ3) is 3.09.